The second kappa shape index (κ2) is 15.6. The van der Waals surface area contributed by atoms with Gasteiger partial charge in [0.1, 0.15) is 30.3 Å². The molecule has 2 aliphatic heterocycles. The van der Waals surface area contributed by atoms with Crippen LogP contribution in [-0.4, -0.2) is 36.0 Å². The molecule has 3 aromatic carbocycles. The topological polar surface area (TPSA) is 103 Å². The number of benzene rings is 3. The minimum Gasteiger partial charge on any atom is -0.489 e. The van der Waals surface area contributed by atoms with Crippen molar-refractivity contribution in [2.75, 3.05) is 13.2 Å². The van der Waals surface area contributed by atoms with E-state index in [4.69, 9.17) is 14.2 Å². The fourth-order valence-electron chi connectivity index (χ4n) is 6.07. The summed E-state index contributed by atoms with van der Waals surface area (Å²) >= 11 is 0.907. The average molecular weight is 657 g/mol. The van der Waals surface area contributed by atoms with Crippen LogP contribution in [0.25, 0.3) is 6.08 Å². The zero-order chi connectivity index (χ0) is 33.4. The first-order chi connectivity index (χ1) is 22.6. The Kier molecular flexibility index (Phi) is 11.3. The van der Waals surface area contributed by atoms with Gasteiger partial charge in [0, 0.05) is 6.54 Å². The molecule has 0 aromatic heterocycles. The molecular weight excluding hydrogens is 612 g/mol. The van der Waals surface area contributed by atoms with Crippen LogP contribution in [0.1, 0.15) is 78.0 Å². The molecule has 8 nitrogen and oxygen atoms in total. The maximum atomic E-state index is 12.0. The normalized spacial score (nSPS) is 18.0. The van der Waals surface area contributed by atoms with Crippen molar-refractivity contribution < 1.29 is 28.6 Å². The van der Waals surface area contributed by atoms with Gasteiger partial charge in [0.05, 0.1) is 4.91 Å². The van der Waals surface area contributed by atoms with Gasteiger partial charge in [0.2, 0.25) is 0 Å². The molecule has 2 aliphatic rings. The lowest BCUT2D eigenvalue weighted by atomic mass is 9.84. The third-order valence-corrected chi connectivity index (χ3v) is 9.80. The van der Waals surface area contributed by atoms with Crippen molar-refractivity contribution in [3.8, 4) is 11.5 Å². The van der Waals surface area contributed by atoms with Crippen molar-refractivity contribution in [3.63, 3.8) is 0 Å². The van der Waals surface area contributed by atoms with Crippen LogP contribution in [0.3, 0.4) is 0 Å². The Balaban J connectivity index is 1.07. The first kappa shape index (κ1) is 34.1. The Morgan fingerprint density at radius 1 is 0.979 bits per heavy atom. The van der Waals surface area contributed by atoms with E-state index in [2.05, 4.69) is 38.3 Å². The summed E-state index contributed by atoms with van der Waals surface area (Å²) in [6.45, 7) is 10.0. The number of nitrogens with one attached hydrogen (secondary N) is 2. The molecule has 0 saturated carbocycles. The van der Waals surface area contributed by atoms with Crippen LogP contribution in [0.4, 0.5) is 9.59 Å². The van der Waals surface area contributed by atoms with E-state index in [9.17, 15) is 14.4 Å². The predicted octanol–water partition coefficient (Wildman–Crippen LogP) is 8.13. The number of amides is 3. The van der Waals surface area contributed by atoms with Gasteiger partial charge in [-0.25, -0.2) is 4.79 Å². The summed E-state index contributed by atoms with van der Waals surface area (Å²) in [5, 5.41) is 4.78. The number of fused-ring (bicyclic) bond motifs is 1. The van der Waals surface area contributed by atoms with E-state index >= 15 is 0 Å². The van der Waals surface area contributed by atoms with Crippen molar-refractivity contribution in [3.05, 3.63) is 98.4 Å². The van der Waals surface area contributed by atoms with Crippen molar-refractivity contribution in [2.24, 2.45) is 0 Å². The Morgan fingerprint density at radius 2 is 1.72 bits per heavy atom. The highest BCUT2D eigenvalue weighted by Crippen LogP contribution is 2.41. The largest absolute Gasteiger partial charge is 0.489 e. The molecule has 3 amide bonds. The first-order valence-electron chi connectivity index (χ1n) is 16.3. The molecule has 2 N–H and O–H groups in total. The molecule has 9 heteroatoms. The standard InChI is InChI=1S/C38H44N2O6S/c1-25-26(2)34-32(27(3)31(25)14-10-5-6-11-21-39-36(42)44-23-29-12-8-7-9-13-29)19-20-38(4,46-34)24-45-30-17-15-28(16-18-30)22-33-35(41)40-37(43)47-33/h7-9,12-13,15-18,22H,5-6,10-11,14,19-21,23-24H2,1-4H3,(H,39,42)(H,40,41,43)/b33-22-. The molecule has 1 unspecified atom stereocenters. The molecule has 0 bridgehead atoms. The maximum Gasteiger partial charge on any atom is 0.407 e. The number of alkyl carbamates (subject to hydrolysis) is 1. The van der Waals surface area contributed by atoms with Crippen LogP contribution in [0, 0.1) is 20.8 Å². The molecule has 0 aliphatic carbocycles. The zero-order valence-corrected chi connectivity index (χ0v) is 28.5. The summed E-state index contributed by atoms with van der Waals surface area (Å²) in [7, 11) is 0. The number of carbonyl (C=O) groups excluding carboxylic acids is 3. The van der Waals surface area contributed by atoms with Gasteiger partial charge in [0.25, 0.3) is 11.1 Å². The summed E-state index contributed by atoms with van der Waals surface area (Å²) in [6, 6.07) is 17.2. The summed E-state index contributed by atoms with van der Waals surface area (Å²) in [6.07, 6.45) is 8.35. The van der Waals surface area contributed by atoms with E-state index in [1.807, 2.05) is 54.6 Å². The van der Waals surface area contributed by atoms with Gasteiger partial charge in [0.15, 0.2) is 0 Å². The fourth-order valence-corrected chi connectivity index (χ4v) is 6.76. The molecule has 0 radical (unpaired) electrons. The lowest BCUT2D eigenvalue weighted by Gasteiger charge is -2.38. The molecule has 3 aromatic rings. The minimum atomic E-state index is -0.459. The molecular formula is C38H44N2O6S. The fraction of sp³-hybridized carbons (Fsp3) is 0.395. The number of rotatable bonds is 13. The monoisotopic (exact) mass is 656 g/mol. The van der Waals surface area contributed by atoms with Crippen molar-refractivity contribution in [2.45, 2.75) is 84.8 Å². The second-order valence-corrected chi connectivity index (χ2v) is 13.6. The number of imide groups is 1. The van der Waals surface area contributed by atoms with E-state index in [-0.39, 0.29) is 23.8 Å². The van der Waals surface area contributed by atoms with E-state index in [1.165, 1.54) is 27.8 Å². The third kappa shape index (κ3) is 8.98. The molecule has 1 saturated heterocycles. The Bertz CT molecular complexity index is 1640. The van der Waals surface area contributed by atoms with Crippen molar-refractivity contribution in [1.29, 1.82) is 0 Å². The van der Waals surface area contributed by atoms with E-state index in [0.717, 1.165) is 79.3 Å². The van der Waals surface area contributed by atoms with Crippen LogP contribution < -0.4 is 20.1 Å². The molecule has 248 valence electrons. The highest BCUT2D eigenvalue weighted by Gasteiger charge is 2.35. The van der Waals surface area contributed by atoms with E-state index in [1.54, 1.807) is 6.08 Å². The van der Waals surface area contributed by atoms with Gasteiger partial charge < -0.3 is 19.5 Å². The maximum absolute atomic E-state index is 12.0. The SMILES string of the molecule is Cc1c(C)c2c(c(C)c1CCCCCCNC(=O)OCc1ccccc1)CCC(C)(COc1ccc(/C=C3\SC(=O)NC3=O)cc1)O2. The van der Waals surface area contributed by atoms with E-state index in [0.29, 0.717) is 18.1 Å². The Hall–Kier alpha value is -4.24. The van der Waals surface area contributed by atoms with Crippen LogP contribution in [-0.2, 0) is 29.0 Å². The molecule has 0 spiro atoms. The van der Waals surface area contributed by atoms with Crippen LogP contribution >= 0.6 is 11.8 Å². The van der Waals surface area contributed by atoms with Crippen LogP contribution in [0.15, 0.2) is 59.5 Å². The number of hydrogen-bond acceptors (Lipinski definition) is 7. The number of hydrogen-bond donors (Lipinski definition) is 2. The number of unbranched alkanes of at least 4 members (excludes halogenated alkanes) is 3. The van der Waals surface area contributed by atoms with Crippen LogP contribution in [0.5, 0.6) is 11.5 Å². The molecule has 47 heavy (non-hydrogen) atoms. The highest BCUT2D eigenvalue weighted by atomic mass is 32.2. The van der Waals surface area contributed by atoms with Gasteiger partial charge in [-0.1, -0.05) is 55.3 Å². The molecule has 1 fully saturated rings. The lowest BCUT2D eigenvalue weighted by Crippen LogP contribution is -2.42. The van der Waals surface area contributed by atoms with Crippen molar-refractivity contribution in [1.82, 2.24) is 10.6 Å². The first-order valence-corrected chi connectivity index (χ1v) is 17.2. The van der Waals surface area contributed by atoms with Gasteiger partial charge in [-0.2, -0.15) is 0 Å². The van der Waals surface area contributed by atoms with Gasteiger partial charge in [-0.15, -0.1) is 0 Å². The third-order valence-electron chi connectivity index (χ3n) is 8.99. The van der Waals surface area contributed by atoms with Crippen LogP contribution in [0.2, 0.25) is 0 Å². The van der Waals surface area contributed by atoms with Gasteiger partial charge in [-0.05, 0) is 129 Å². The molecule has 5 rings (SSSR count). The number of thioether (sulfide) groups is 1. The number of ether oxygens (including phenoxy) is 3. The summed E-state index contributed by atoms with van der Waals surface area (Å²) in [5.41, 5.74) is 7.93. The summed E-state index contributed by atoms with van der Waals surface area (Å²) < 4.78 is 18.2. The lowest BCUT2D eigenvalue weighted by molar-refractivity contribution is -0.115. The molecule has 2 heterocycles. The van der Waals surface area contributed by atoms with Gasteiger partial charge in [-0.3, -0.25) is 14.9 Å². The number of carbonyl (C=O) groups is 3. The quantitative estimate of drug-likeness (QED) is 0.141. The average Bonchev–Trinajstić information content (AvgIpc) is 3.39. The summed E-state index contributed by atoms with van der Waals surface area (Å²) in [5.74, 6) is 1.35. The Labute approximate surface area is 281 Å². The van der Waals surface area contributed by atoms with E-state index < -0.39 is 5.60 Å². The Morgan fingerprint density at radius 3 is 2.45 bits per heavy atom. The smallest absolute Gasteiger partial charge is 0.407 e. The highest BCUT2D eigenvalue weighted by molar-refractivity contribution is 8.18. The second-order valence-electron chi connectivity index (χ2n) is 12.6. The summed E-state index contributed by atoms with van der Waals surface area (Å²) in [4.78, 5) is 35.6. The zero-order valence-electron chi connectivity index (χ0n) is 27.7. The van der Waals surface area contributed by atoms with Crippen molar-refractivity contribution >= 4 is 35.1 Å². The minimum absolute atomic E-state index is 0.284. The van der Waals surface area contributed by atoms with Gasteiger partial charge >= 0.3 is 6.09 Å². The predicted molar refractivity (Wildman–Crippen MR) is 186 cm³/mol. The molecule has 1 atom stereocenters.